The van der Waals surface area contributed by atoms with Crippen LogP contribution in [0.5, 0.6) is 0 Å². The number of rotatable bonds is 4. The maximum atomic E-state index is 12.4. The standard InChI is InChI=1S/C16H20N4O/c1-12-14(7-9-17-12)16(21)19-15-6-3-2-5-13(15)11-20-10-4-8-18-20/h2-6,8,10,12,14,17H,7,9,11H2,1H3,(H,19,21). The van der Waals surface area contributed by atoms with Gasteiger partial charge in [-0.05, 0) is 37.6 Å². The third kappa shape index (κ3) is 3.13. The van der Waals surface area contributed by atoms with E-state index in [0.717, 1.165) is 24.2 Å². The summed E-state index contributed by atoms with van der Waals surface area (Å²) in [7, 11) is 0. The lowest BCUT2D eigenvalue weighted by atomic mass is 10.0. The molecule has 5 heteroatoms. The average Bonchev–Trinajstić information content (AvgIpc) is 3.12. The van der Waals surface area contributed by atoms with Gasteiger partial charge in [-0.3, -0.25) is 9.48 Å². The number of carbonyl (C=O) groups excluding carboxylic acids is 1. The molecular weight excluding hydrogens is 264 g/mol. The lowest BCUT2D eigenvalue weighted by molar-refractivity contribution is -0.120. The number of hydrogen-bond donors (Lipinski definition) is 2. The van der Waals surface area contributed by atoms with Crippen LogP contribution < -0.4 is 10.6 Å². The van der Waals surface area contributed by atoms with E-state index in [1.165, 1.54) is 0 Å². The molecule has 2 aromatic rings. The van der Waals surface area contributed by atoms with E-state index < -0.39 is 0 Å². The summed E-state index contributed by atoms with van der Waals surface area (Å²) >= 11 is 0. The fourth-order valence-electron chi connectivity index (χ4n) is 2.79. The molecule has 0 aliphatic carbocycles. The quantitative estimate of drug-likeness (QED) is 0.901. The molecule has 2 unspecified atom stereocenters. The predicted octanol–water partition coefficient (Wildman–Crippen LogP) is 1.87. The van der Waals surface area contributed by atoms with Crippen LogP contribution in [0.1, 0.15) is 18.9 Å². The monoisotopic (exact) mass is 284 g/mol. The molecule has 1 aromatic heterocycles. The number of benzene rings is 1. The minimum Gasteiger partial charge on any atom is -0.325 e. The van der Waals surface area contributed by atoms with E-state index in [0.29, 0.717) is 6.54 Å². The van der Waals surface area contributed by atoms with Crippen LogP contribution in [0.15, 0.2) is 42.7 Å². The molecule has 110 valence electrons. The summed E-state index contributed by atoms with van der Waals surface area (Å²) in [6.07, 6.45) is 4.57. The van der Waals surface area contributed by atoms with Gasteiger partial charge in [-0.1, -0.05) is 18.2 Å². The number of hydrogen-bond acceptors (Lipinski definition) is 3. The molecule has 0 spiro atoms. The highest BCUT2D eigenvalue weighted by Crippen LogP contribution is 2.21. The van der Waals surface area contributed by atoms with Crippen molar-refractivity contribution < 1.29 is 4.79 Å². The number of nitrogens with zero attached hydrogens (tertiary/aromatic N) is 2. The second kappa shape index (κ2) is 6.10. The van der Waals surface area contributed by atoms with E-state index in [1.807, 2.05) is 41.2 Å². The molecule has 21 heavy (non-hydrogen) atoms. The summed E-state index contributed by atoms with van der Waals surface area (Å²) in [5.41, 5.74) is 1.94. The number of carbonyl (C=O) groups is 1. The highest BCUT2D eigenvalue weighted by Gasteiger charge is 2.29. The molecule has 1 fully saturated rings. The molecule has 1 saturated heterocycles. The van der Waals surface area contributed by atoms with Crippen molar-refractivity contribution in [2.24, 2.45) is 5.92 Å². The Morgan fingerprint density at radius 1 is 1.43 bits per heavy atom. The summed E-state index contributed by atoms with van der Waals surface area (Å²) < 4.78 is 1.85. The van der Waals surface area contributed by atoms with Crippen LogP contribution in [0.4, 0.5) is 5.69 Å². The average molecular weight is 284 g/mol. The van der Waals surface area contributed by atoms with Crippen LogP contribution in [0.2, 0.25) is 0 Å². The third-order valence-electron chi connectivity index (χ3n) is 4.03. The predicted molar refractivity (Wildman–Crippen MR) is 82.0 cm³/mol. The molecule has 5 nitrogen and oxygen atoms in total. The fraction of sp³-hybridized carbons (Fsp3) is 0.375. The Bertz CT molecular complexity index is 608. The van der Waals surface area contributed by atoms with Gasteiger partial charge >= 0.3 is 0 Å². The minimum atomic E-state index is 0.0442. The molecule has 3 rings (SSSR count). The number of para-hydroxylation sites is 1. The van der Waals surface area contributed by atoms with Gasteiger partial charge in [0.15, 0.2) is 0 Å². The van der Waals surface area contributed by atoms with E-state index in [2.05, 4.69) is 22.7 Å². The van der Waals surface area contributed by atoms with E-state index >= 15 is 0 Å². The van der Waals surface area contributed by atoms with Crippen LogP contribution in [0, 0.1) is 5.92 Å². The van der Waals surface area contributed by atoms with Crippen molar-refractivity contribution in [1.29, 1.82) is 0 Å². The first-order chi connectivity index (χ1) is 10.2. The zero-order chi connectivity index (χ0) is 14.7. The Hall–Kier alpha value is -2.14. The van der Waals surface area contributed by atoms with Crippen molar-refractivity contribution in [3.63, 3.8) is 0 Å². The third-order valence-corrected chi connectivity index (χ3v) is 4.03. The smallest absolute Gasteiger partial charge is 0.229 e. The summed E-state index contributed by atoms with van der Waals surface area (Å²) in [4.78, 5) is 12.4. The Labute approximate surface area is 124 Å². The molecule has 0 saturated carbocycles. The van der Waals surface area contributed by atoms with Gasteiger partial charge in [-0.2, -0.15) is 5.10 Å². The van der Waals surface area contributed by atoms with Crippen molar-refractivity contribution in [3.05, 3.63) is 48.3 Å². The van der Waals surface area contributed by atoms with Gasteiger partial charge < -0.3 is 10.6 Å². The molecule has 0 bridgehead atoms. The van der Waals surface area contributed by atoms with Crippen LogP contribution in [0.3, 0.4) is 0 Å². The summed E-state index contributed by atoms with van der Waals surface area (Å²) in [5.74, 6) is 0.142. The minimum absolute atomic E-state index is 0.0442. The van der Waals surface area contributed by atoms with Crippen molar-refractivity contribution in [2.45, 2.75) is 25.9 Å². The lowest BCUT2D eigenvalue weighted by Gasteiger charge is -2.17. The van der Waals surface area contributed by atoms with Crippen molar-refractivity contribution >= 4 is 11.6 Å². The molecule has 1 aromatic carbocycles. The molecule has 2 atom stereocenters. The highest BCUT2D eigenvalue weighted by atomic mass is 16.2. The van der Waals surface area contributed by atoms with Crippen LogP contribution in [0.25, 0.3) is 0 Å². The number of aromatic nitrogens is 2. The molecule has 2 heterocycles. The van der Waals surface area contributed by atoms with Crippen LogP contribution >= 0.6 is 0 Å². The van der Waals surface area contributed by atoms with Crippen LogP contribution in [-0.4, -0.2) is 28.3 Å². The van der Waals surface area contributed by atoms with Gasteiger partial charge in [-0.15, -0.1) is 0 Å². The van der Waals surface area contributed by atoms with Crippen LogP contribution in [-0.2, 0) is 11.3 Å². The molecule has 1 amide bonds. The van der Waals surface area contributed by atoms with Gasteiger partial charge in [0, 0.05) is 24.1 Å². The Balaban J connectivity index is 1.74. The number of anilines is 1. The van der Waals surface area contributed by atoms with Gasteiger partial charge in [0.05, 0.1) is 12.5 Å². The van der Waals surface area contributed by atoms with Gasteiger partial charge in [0.2, 0.25) is 5.91 Å². The van der Waals surface area contributed by atoms with E-state index in [-0.39, 0.29) is 17.9 Å². The number of amides is 1. The molecule has 0 radical (unpaired) electrons. The fourth-order valence-corrected chi connectivity index (χ4v) is 2.79. The van der Waals surface area contributed by atoms with Gasteiger partial charge in [0.25, 0.3) is 0 Å². The Morgan fingerprint density at radius 2 is 2.29 bits per heavy atom. The second-order valence-corrected chi connectivity index (χ2v) is 5.49. The maximum Gasteiger partial charge on any atom is 0.229 e. The van der Waals surface area contributed by atoms with E-state index in [1.54, 1.807) is 6.20 Å². The highest BCUT2D eigenvalue weighted by molar-refractivity contribution is 5.93. The zero-order valence-corrected chi connectivity index (χ0v) is 12.1. The summed E-state index contributed by atoms with van der Waals surface area (Å²) in [5, 5.41) is 10.6. The molecule has 1 aliphatic rings. The zero-order valence-electron chi connectivity index (χ0n) is 12.1. The lowest BCUT2D eigenvalue weighted by Crippen LogP contribution is -2.32. The van der Waals surface area contributed by atoms with Crippen molar-refractivity contribution in [1.82, 2.24) is 15.1 Å². The Morgan fingerprint density at radius 3 is 3.00 bits per heavy atom. The largest absolute Gasteiger partial charge is 0.325 e. The van der Waals surface area contributed by atoms with Crippen molar-refractivity contribution in [2.75, 3.05) is 11.9 Å². The van der Waals surface area contributed by atoms with E-state index in [4.69, 9.17) is 0 Å². The Kier molecular flexibility index (Phi) is 4.01. The van der Waals surface area contributed by atoms with Gasteiger partial charge in [-0.25, -0.2) is 0 Å². The topological polar surface area (TPSA) is 59.0 Å². The normalized spacial score (nSPS) is 21.4. The molecule has 1 aliphatic heterocycles. The molecule has 2 N–H and O–H groups in total. The maximum absolute atomic E-state index is 12.4. The summed E-state index contributed by atoms with van der Waals surface area (Å²) in [6.45, 7) is 3.63. The molecular formula is C16H20N4O. The SMILES string of the molecule is CC1NCCC1C(=O)Nc1ccccc1Cn1cccn1. The summed E-state index contributed by atoms with van der Waals surface area (Å²) in [6, 6.07) is 10.0. The van der Waals surface area contributed by atoms with E-state index in [9.17, 15) is 4.79 Å². The first kappa shape index (κ1) is 13.8. The number of nitrogens with one attached hydrogen (secondary N) is 2. The first-order valence-corrected chi connectivity index (χ1v) is 7.33. The van der Waals surface area contributed by atoms with Gasteiger partial charge in [0.1, 0.15) is 0 Å². The second-order valence-electron chi connectivity index (χ2n) is 5.49. The first-order valence-electron chi connectivity index (χ1n) is 7.33. The van der Waals surface area contributed by atoms with Crippen molar-refractivity contribution in [3.8, 4) is 0 Å².